The Morgan fingerprint density at radius 2 is 1.43 bits per heavy atom. The van der Waals surface area contributed by atoms with Gasteiger partial charge in [0, 0.05) is 0 Å². The maximum Gasteiger partial charge on any atom is 0.203 e. The number of rotatable bonds is 9. The van der Waals surface area contributed by atoms with Gasteiger partial charge in [0.15, 0.2) is 23.0 Å². The van der Waals surface area contributed by atoms with Crippen molar-refractivity contribution in [3.8, 4) is 28.7 Å². The molecule has 0 aromatic heterocycles. The molecule has 0 spiro atoms. The van der Waals surface area contributed by atoms with Crippen LogP contribution in [0.3, 0.4) is 0 Å². The summed E-state index contributed by atoms with van der Waals surface area (Å²) < 4.78 is 27.4. The minimum Gasteiger partial charge on any atom is -0.493 e. The van der Waals surface area contributed by atoms with Crippen LogP contribution < -0.4 is 23.7 Å². The van der Waals surface area contributed by atoms with Crippen LogP contribution in [0.25, 0.3) is 6.08 Å². The number of hydrogen-bond acceptors (Lipinski definition) is 6. The molecule has 0 saturated heterocycles. The molecule has 6 nitrogen and oxygen atoms in total. The molecule has 6 heteroatoms. The van der Waals surface area contributed by atoms with Crippen molar-refractivity contribution in [1.29, 1.82) is 0 Å². The Morgan fingerprint density at radius 1 is 0.821 bits per heavy atom. The summed E-state index contributed by atoms with van der Waals surface area (Å²) >= 11 is 0. The van der Waals surface area contributed by atoms with E-state index in [0.717, 1.165) is 5.56 Å². The highest BCUT2D eigenvalue weighted by molar-refractivity contribution is 5.56. The summed E-state index contributed by atoms with van der Waals surface area (Å²) in [5.74, 6) is 2.55. The van der Waals surface area contributed by atoms with E-state index in [-0.39, 0.29) is 0 Å². The van der Waals surface area contributed by atoms with Gasteiger partial charge in [-0.1, -0.05) is 18.2 Å². The molecule has 2 unspecified atom stereocenters. The van der Waals surface area contributed by atoms with Gasteiger partial charge in [-0.3, -0.25) is 0 Å². The molecule has 0 saturated carbocycles. The topological polar surface area (TPSA) is 66.4 Å². The molecule has 0 aliphatic rings. The molecule has 1 N–H and O–H groups in total. The van der Waals surface area contributed by atoms with E-state index < -0.39 is 12.2 Å². The number of aliphatic hydroxyl groups excluding tert-OH is 1. The third kappa shape index (κ3) is 4.70. The van der Waals surface area contributed by atoms with Gasteiger partial charge in [0.1, 0.15) is 12.2 Å². The Balaban J connectivity index is 2.29. The first-order valence-electron chi connectivity index (χ1n) is 8.94. The minimum absolute atomic E-state index is 0.468. The minimum atomic E-state index is -0.923. The second-order valence-electron chi connectivity index (χ2n) is 6.14. The quantitative estimate of drug-likeness (QED) is 0.693. The zero-order chi connectivity index (χ0) is 20.7. The zero-order valence-corrected chi connectivity index (χ0v) is 17.2. The Hall–Kier alpha value is -2.86. The van der Waals surface area contributed by atoms with E-state index in [2.05, 4.69) is 0 Å². The molecule has 2 aromatic carbocycles. The van der Waals surface area contributed by atoms with Gasteiger partial charge in [0.2, 0.25) is 5.75 Å². The molecule has 28 heavy (non-hydrogen) atoms. The third-order valence-electron chi connectivity index (χ3n) is 4.33. The predicted octanol–water partition coefficient (Wildman–Crippen LogP) is 4.26. The monoisotopic (exact) mass is 388 g/mol. The number of ether oxygens (including phenoxy) is 5. The predicted molar refractivity (Wildman–Crippen MR) is 109 cm³/mol. The van der Waals surface area contributed by atoms with Crippen LogP contribution in [0.4, 0.5) is 0 Å². The lowest BCUT2D eigenvalue weighted by Gasteiger charge is -2.23. The van der Waals surface area contributed by atoms with Gasteiger partial charge in [-0.05, 0) is 49.2 Å². The first kappa shape index (κ1) is 21.4. The molecule has 2 rings (SSSR count). The van der Waals surface area contributed by atoms with Crippen LogP contribution in [0.5, 0.6) is 28.7 Å². The van der Waals surface area contributed by atoms with E-state index in [1.807, 2.05) is 37.3 Å². The SMILES string of the molecule is C/C=C/c1ccc(OC(C)C(O)c2cc(OC)c(OC)c(OC)c2)c(OC)c1. The molecule has 0 heterocycles. The Labute approximate surface area is 166 Å². The van der Waals surface area contributed by atoms with Crippen molar-refractivity contribution in [3.63, 3.8) is 0 Å². The number of aliphatic hydroxyl groups is 1. The van der Waals surface area contributed by atoms with Crippen molar-refractivity contribution in [1.82, 2.24) is 0 Å². The van der Waals surface area contributed by atoms with Crippen LogP contribution in [0.1, 0.15) is 31.1 Å². The molecule has 0 amide bonds. The molecule has 2 aromatic rings. The number of methoxy groups -OCH3 is 4. The molecule has 0 radical (unpaired) electrons. The largest absolute Gasteiger partial charge is 0.493 e. The van der Waals surface area contributed by atoms with E-state index in [4.69, 9.17) is 23.7 Å². The van der Waals surface area contributed by atoms with Crippen molar-refractivity contribution in [2.75, 3.05) is 28.4 Å². The van der Waals surface area contributed by atoms with Gasteiger partial charge in [-0.25, -0.2) is 0 Å². The van der Waals surface area contributed by atoms with Gasteiger partial charge in [-0.15, -0.1) is 0 Å². The van der Waals surface area contributed by atoms with Crippen molar-refractivity contribution < 1.29 is 28.8 Å². The average Bonchev–Trinajstić information content (AvgIpc) is 2.72. The maximum atomic E-state index is 10.8. The fourth-order valence-electron chi connectivity index (χ4n) is 2.89. The van der Waals surface area contributed by atoms with E-state index in [1.54, 1.807) is 26.2 Å². The molecule has 0 fully saturated rings. The van der Waals surface area contributed by atoms with Crippen molar-refractivity contribution >= 4 is 6.08 Å². The summed E-state index contributed by atoms with van der Waals surface area (Å²) in [5.41, 5.74) is 1.59. The number of allylic oxidation sites excluding steroid dienone is 1. The molecular formula is C22H28O6. The van der Waals surface area contributed by atoms with Gasteiger partial charge >= 0.3 is 0 Å². The first-order valence-corrected chi connectivity index (χ1v) is 8.94. The molecule has 0 aliphatic heterocycles. The van der Waals surface area contributed by atoms with Crippen LogP contribution in [-0.4, -0.2) is 39.6 Å². The number of hydrogen-bond donors (Lipinski definition) is 1. The van der Waals surface area contributed by atoms with Gasteiger partial charge in [0.25, 0.3) is 0 Å². The van der Waals surface area contributed by atoms with Crippen LogP contribution in [0, 0.1) is 0 Å². The zero-order valence-electron chi connectivity index (χ0n) is 17.2. The molecule has 0 bridgehead atoms. The Bertz CT molecular complexity index is 790. The van der Waals surface area contributed by atoms with Crippen LogP contribution >= 0.6 is 0 Å². The summed E-state index contributed by atoms with van der Waals surface area (Å²) in [4.78, 5) is 0. The number of benzene rings is 2. The van der Waals surface area contributed by atoms with Gasteiger partial charge in [0.05, 0.1) is 28.4 Å². The highest BCUT2D eigenvalue weighted by atomic mass is 16.5. The summed E-state index contributed by atoms with van der Waals surface area (Å²) in [6.45, 7) is 3.74. The third-order valence-corrected chi connectivity index (χ3v) is 4.33. The fraction of sp³-hybridized carbons (Fsp3) is 0.364. The highest BCUT2D eigenvalue weighted by Gasteiger charge is 2.23. The van der Waals surface area contributed by atoms with E-state index in [0.29, 0.717) is 34.3 Å². The highest BCUT2D eigenvalue weighted by Crippen LogP contribution is 2.40. The van der Waals surface area contributed by atoms with Gasteiger partial charge in [-0.2, -0.15) is 0 Å². The molecule has 2 atom stereocenters. The van der Waals surface area contributed by atoms with E-state index in [9.17, 15) is 5.11 Å². The lowest BCUT2D eigenvalue weighted by molar-refractivity contribution is 0.0448. The van der Waals surface area contributed by atoms with Crippen molar-refractivity contribution in [2.45, 2.75) is 26.1 Å². The summed E-state index contributed by atoms with van der Waals surface area (Å²) in [6.07, 6.45) is 2.45. The lowest BCUT2D eigenvalue weighted by Crippen LogP contribution is -2.22. The Morgan fingerprint density at radius 3 is 1.93 bits per heavy atom. The fourth-order valence-corrected chi connectivity index (χ4v) is 2.89. The summed E-state index contributed by atoms with van der Waals surface area (Å²) in [7, 11) is 6.18. The second-order valence-corrected chi connectivity index (χ2v) is 6.14. The summed E-state index contributed by atoms with van der Waals surface area (Å²) in [5, 5.41) is 10.8. The Kier molecular flexibility index (Phi) is 7.58. The van der Waals surface area contributed by atoms with E-state index >= 15 is 0 Å². The van der Waals surface area contributed by atoms with Crippen molar-refractivity contribution in [2.24, 2.45) is 0 Å². The maximum absolute atomic E-state index is 10.8. The van der Waals surface area contributed by atoms with Crippen LogP contribution in [-0.2, 0) is 0 Å². The first-order chi connectivity index (χ1) is 13.5. The molecule has 0 aliphatic carbocycles. The van der Waals surface area contributed by atoms with E-state index in [1.165, 1.54) is 21.3 Å². The van der Waals surface area contributed by atoms with Crippen molar-refractivity contribution in [3.05, 3.63) is 47.5 Å². The standard InChI is InChI=1S/C22H28O6/c1-7-8-15-9-10-17(18(11-15)24-3)28-14(2)21(23)16-12-19(25-4)22(27-6)20(13-16)26-5/h7-14,21,23H,1-6H3/b8-7+. The van der Waals surface area contributed by atoms with Gasteiger partial charge < -0.3 is 28.8 Å². The molecular weight excluding hydrogens is 360 g/mol. The summed E-state index contributed by atoms with van der Waals surface area (Å²) in [6, 6.07) is 9.05. The lowest BCUT2D eigenvalue weighted by atomic mass is 10.0. The average molecular weight is 388 g/mol. The van der Waals surface area contributed by atoms with Crippen LogP contribution in [0.15, 0.2) is 36.4 Å². The van der Waals surface area contributed by atoms with Crippen LogP contribution in [0.2, 0.25) is 0 Å². The molecule has 152 valence electrons. The smallest absolute Gasteiger partial charge is 0.203 e. The normalized spacial score (nSPS) is 13.1. The second kappa shape index (κ2) is 9.90.